The molecular weight excluding hydrogens is 464 g/mol. The average molecular weight is 509 g/mol. The van der Waals surface area contributed by atoms with E-state index in [4.69, 9.17) is 18.9 Å². The van der Waals surface area contributed by atoms with Gasteiger partial charge in [-0.05, 0) is 60.3 Å². The summed E-state index contributed by atoms with van der Waals surface area (Å²) in [4.78, 5) is 13.0. The lowest BCUT2D eigenvalue weighted by Gasteiger charge is -2.27. The number of carbonyl (C=O) groups excluding carboxylic acids is 1. The first-order chi connectivity index (χ1) is 17.8. The van der Waals surface area contributed by atoms with E-state index in [0.717, 1.165) is 41.7 Å². The van der Waals surface area contributed by atoms with E-state index in [0.29, 0.717) is 37.4 Å². The highest BCUT2D eigenvalue weighted by Crippen LogP contribution is 2.34. The van der Waals surface area contributed by atoms with Crippen LogP contribution in [0.4, 0.5) is 0 Å². The third-order valence-corrected chi connectivity index (χ3v) is 6.66. The Bertz CT molecular complexity index is 970. The Labute approximate surface area is 223 Å². The topological polar surface area (TPSA) is 54.0 Å². The van der Waals surface area contributed by atoms with Gasteiger partial charge in [0.1, 0.15) is 5.75 Å². The van der Waals surface area contributed by atoms with Gasteiger partial charge in [0.2, 0.25) is 0 Å². The minimum Gasteiger partial charge on any atom is -0.497 e. The van der Waals surface area contributed by atoms with Crippen LogP contribution in [-0.4, -0.2) is 31.9 Å². The van der Waals surface area contributed by atoms with E-state index >= 15 is 0 Å². The van der Waals surface area contributed by atoms with Gasteiger partial charge in [-0.25, -0.2) is 4.79 Å². The van der Waals surface area contributed by atoms with Crippen LogP contribution in [0.3, 0.4) is 0 Å². The van der Waals surface area contributed by atoms with Gasteiger partial charge in [-0.1, -0.05) is 76.2 Å². The normalized spacial score (nSPS) is 18.8. The molecule has 5 nitrogen and oxygen atoms in total. The monoisotopic (exact) mass is 508 g/mol. The predicted molar refractivity (Wildman–Crippen MR) is 147 cm³/mol. The summed E-state index contributed by atoms with van der Waals surface area (Å²) in [5.74, 6) is 2.39. The fraction of sp³-hybridized carbons (Fsp3) is 0.531. The largest absolute Gasteiger partial charge is 0.497 e. The standard InChI is InChI=1S/C32H44O5/c1-24(2)17-28(18-25(3)4)11-14-29-19-32(37-31(29)33,22-35-20-26-9-7-6-8-10-26)23-36-21-27-12-15-30(34-5)16-13-27/h6-10,12-16,24-25,28H,11,17-23H2,1-5H3/b29-14+/t32-/m1/s1. The van der Waals surface area contributed by atoms with E-state index in [-0.39, 0.29) is 19.2 Å². The Morgan fingerprint density at radius 1 is 0.865 bits per heavy atom. The number of esters is 1. The lowest BCUT2D eigenvalue weighted by Crippen LogP contribution is -2.39. The number of hydrogen-bond donors (Lipinski definition) is 0. The molecule has 0 saturated carbocycles. The third-order valence-electron chi connectivity index (χ3n) is 6.66. The smallest absolute Gasteiger partial charge is 0.334 e. The van der Waals surface area contributed by atoms with E-state index in [2.05, 4.69) is 33.8 Å². The van der Waals surface area contributed by atoms with Crippen molar-refractivity contribution in [3.63, 3.8) is 0 Å². The Morgan fingerprint density at radius 3 is 1.97 bits per heavy atom. The zero-order valence-corrected chi connectivity index (χ0v) is 23.2. The van der Waals surface area contributed by atoms with Crippen LogP contribution >= 0.6 is 0 Å². The highest BCUT2D eigenvalue weighted by Gasteiger charge is 2.44. The van der Waals surface area contributed by atoms with Crippen molar-refractivity contribution in [2.75, 3.05) is 20.3 Å². The number of hydrogen-bond acceptors (Lipinski definition) is 5. The number of cyclic esters (lactones) is 1. The Kier molecular flexibility index (Phi) is 11.2. The van der Waals surface area contributed by atoms with Crippen molar-refractivity contribution < 1.29 is 23.7 Å². The molecule has 0 aromatic heterocycles. The molecule has 37 heavy (non-hydrogen) atoms. The molecule has 2 aromatic carbocycles. The zero-order chi connectivity index (χ0) is 26.7. The number of rotatable bonds is 15. The minimum absolute atomic E-state index is 0.246. The predicted octanol–water partition coefficient (Wildman–Crippen LogP) is 7.14. The van der Waals surface area contributed by atoms with Gasteiger partial charge in [0.15, 0.2) is 5.60 Å². The Balaban J connectivity index is 1.67. The average Bonchev–Trinajstić information content (AvgIpc) is 3.18. The molecule has 0 unspecified atom stereocenters. The molecule has 0 bridgehead atoms. The lowest BCUT2D eigenvalue weighted by molar-refractivity contribution is -0.161. The van der Waals surface area contributed by atoms with Crippen LogP contribution in [0, 0.1) is 17.8 Å². The second-order valence-electron chi connectivity index (χ2n) is 11.2. The number of allylic oxidation sites excluding steroid dienone is 1. The van der Waals surface area contributed by atoms with E-state index in [9.17, 15) is 4.79 Å². The van der Waals surface area contributed by atoms with Crippen molar-refractivity contribution in [1.82, 2.24) is 0 Å². The van der Waals surface area contributed by atoms with Crippen LogP contribution in [0.1, 0.15) is 64.5 Å². The van der Waals surface area contributed by atoms with E-state index in [1.807, 2.05) is 54.6 Å². The fourth-order valence-electron chi connectivity index (χ4n) is 5.01. The van der Waals surface area contributed by atoms with Crippen molar-refractivity contribution >= 4 is 5.97 Å². The highest BCUT2D eigenvalue weighted by molar-refractivity contribution is 5.91. The maximum Gasteiger partial charge on any atom is 0.334 e. The molecule has 1 atom stereocenters. The summed E-state index contributed by atoms with van der Waals surface area (Å²) in [6.45, 7) is 10.5. The van der Waals surface area contributed by atoms with Gasteiger partial charge in [0, 0.05) is 12.0 Å². The quantitative estimate of drug-likeness (QED) is 0.189. The molecule has 0 radical (unpaired) electrons. The summed E-state index contributed by atoms with van der Waals surface area (Å²) in [5.41, 5.74) is 2.04. The Hall–Kier alpha value is -2.63. The molecule has 0 N–H and O–H groups in total. The van der Waals surface area contributed by atoms with Crippen LogP contribution in [0.2, 0.25) is 0 Å². The fourth-order valence-corrected chi connectivity index (χ4v) is 5.01. The third kappa shape index (κ3) is 9.64. The van der Waals surface area contributed by atoms with E-state index in [1.54, 1.807) is 7.11 Å². The van der Waals surface area contributed by atoms with Crippen molar-refractivity contribution in [2.24, 2.45) is 17.8 Å². The van der Waals surface area contributed by atoms with Gasteiger partial charge in [-0.2, -0.15) is 0 Å². The molecule has 5 heteroatoms. The molecule has 1 fully saturated rings. The molecule has 202 valence electrons. The van der Waals surface area contributed by atoms with Crippen molar-refractivity contribution in [2.45, 2.75) is 72.2 Å². The lowest BCUT2D eigenvalue weighted by atomic mass is 9.86. The molecule has 3 rings (SSSR count). The number of ether oxygens (including phenoxy) is 4. The first-order valence-electron chi connectivity index (χ1n) is 13.5. The molecule has 1 aliphatic rings. The molecule has 1 saturated heterocycles. The second-order valence-corrected chi connectivity index (χ2v) is 11.2. The number of carbonyl (C=O) groups is 1. The summed E-state index contributed by atoms with van der Waals surface area (Å²) in [6.07, 6.45) is 5.83. The Morgan fingerprint density at radius 2 is 1.43 bits per heavy atom. The first-order valence-corrected chi connectivity index (χ1v) is 13.5. The van der Waals surface area contributed by atoms with Gasteiger partial charge >= 0.3 is 5.97 Å². The van der Waals surface area contributed by atoms with Crippen molar-refractivity contribution in [3.8, 4) is 5.75 Å². The second kappa shape index (κ2) is 14.3. The van der Waals surface area contributed by atoms with Crippen LogP contribution in [0.25, 0.3) is 0 Å². The van der Waals surface area contributed by atoms with Crippen molar-refractivity contribution in [1.29, 1.82) is 0 Å². The number of methoxy groups -OCH3 is 1. The molecule has 1 heterocycles. The minimum atomic E-state index is -0.824. The summed E-state index contributed by atoms with van der Waals surface area (Å²) in [6, 6.07) is 17.8. The van der Waals surface area contributed by atoms with Crippen LogP contribution in [-0.2, 0) is 32.2 Å². The summed E-state index contributed by atoms with van der Waals surface area (Å²) < 4.78 is 23.4. The van der Waals surface area contributed by atoms with E-state index in [1.165, 1.54) is 0 Å². The summed E-state index contributed by atoms with van der Waals surface area (Å²) in [5, 5.41) is 0. The van der Waals surface area contributed by atoms with Crippen LogP contribution in [0.5, 0.6) is 5.75 Å². The first kappa shape index (κ1) is 28.9. The molecule has 2 aromatic rings. The van der Waals surface area contributed by atoms with Gasteiger partial charge in [0.05, 0.1) is 33.5 Å². The van der Waals surface area contributed by atoms with Crippen LogP contribution < -0.4 is 4.74 Å². The maximum absolute atomic E-state index is 13.0. The van der Waals surface area contributed by atoms with Gasteiger partial charge in [0.25, 0.3) is 0 Å². The van der Waals surface area contributed by atoms with Crippen LogP contribution in [0.15, 0.2) is 66.2 Å². The molecular formula is C32H44O5. The van der Waals surface area contributed by atoms with E-state index < -0.39 is 5.60 Å². The summed E-state index contributed by atoms with van der Waals surface area (Å²) in [7, 11) is 1.65. The SMILES string of the molecule is COc1ccc(COC[C@]2(COCc3ccccc3)C/C(=C\CC(CC(C)C)CC(C)C)C(=O)O2)cc1. The zero-order valence-electron chi connectivity index (χ0n) is 23.2. The maximum atomic E-state index is 13.0. The van der Waals surface area contributed by atoms with Gasteiger partial charge in [-0.15, -0.1) is 0 Å². The van der Waals surface area contributed by atoms with Gasteiger partial charge in [-0.3, -0.25) is 0 Å². The van der Waals surface area contributed by atoms with Crippen molar-refractivity contribution in [3.05, 3.63) is 77.4 Å². The highest BCUT2D eigenvalue weighted by atomic mass is 16.6. The molecule has 0 spiro atoms. The molecule has 0 aliphatic carbocycles. The molecule has 1 aliphatic heterocycles. The molecule has 0 amide bonds. The summed E-state index contributed by atoms with van der Waals surface area (Å²) >= 11 is 0. The number of benzene rings is 2. The van der Waals surface area contributed by atoms with Gasteiger partial charge < -0.3 is 18.9 Å².